The second kappa shape index (κ2) is 17.7. The summed E-state index contributed by atoms with van der Waals surface area (Å²) in [7, 11) is 3.98. The van der Waals surface area contributed by atoms with Crippen molar-refractivity contribution in [3.8, 4) is 100 Å². The van der Waals surface area contributed by atoms with E-state index < -0.39 is 20.6 Å². The largest absolute Gasteiger partial charge is 0.207 e. The Morgan fingerprint density at radius 2 is 0.477 bits per heavy atom. The first kappa shape index (κ1) is 31.8. The third-order valence-electron chi connectivity index (χ3n) is 12.2. The van der Waals surface area contributed by atoms with Gasteiger partial charge in [-0.3, -0.25) is 0 Å². The second-order valence-electron chi connectivity index (χ2n) is 16.6. The molecule has 10 aromatic rings. The van der Waals surface area contributed by atoms with Crippen molar-refractivity contribution in [2.75, 3.05) is 0 Å². The standard InChI is InChI=1S/C63H52N2/c1-43-15-21-50(22-16-43)58-61(53-33-27-47(28-34-53)46-11-7-6-8-12-46)59(51-23-17-44(2)18-24-51)63(55-37-31-49(32-38-55)57-14-10-40-65(5)42-57)60(52-25-19-45(3)20-26-52)62(58)54-35-29-48(30-36-54)56-13-9-39-64(4)41-56/h6-42H,1-5H3/q+2/i1D3,2D3,3D3. The highest BCUT2D eigenvalue weighted by molar-refractivity contribution is 6.15. The van der Waals surface area contributed by atoms with Gasteiger partial charge in [0.05, 0.1) is 0 Å². The summed E-state index contributed by atoms with van der Waals surface area (Å²) in [6.45, 7) is -7.08. The number of aryl methyl sites for hydroxylation is 5. The highest BCUT2D eigenvalue weighted by Crippen LogP contribution is 2.56. The van der Waals surface area contributed by atoms with Gasteiger partial charge in [0.2, 0.25) is 0 Å². The molecule has 0 saturated heterocycles. The van der Waals surface area contributed by atoms with Crippen LogP contribution in [0.4, 0.5) is 0 Å². The van der Waals surface area contributed by atoms with Gasteiger partial charge in [0.15, 0.2) is 24.8 Å². The number of hydrogen-bond acceptors (Lipinski definition) is 0. The molecule has 2 aromatic heterocycles. The first-order chi connectivity index (χ1) is 35.4. The van der Waals surface area contributed by atoms with E-state index in [2.05, 4.69) is 109 Å². The summed E-state index contributed by atoms with van der Waals surface area (Å²) in [6, 6.07) is 64.9. The van der Waals surface area contributed by atoms with Crippen LogP contribution in [0.5, 0.6) is 0 Å². The molecule has 0 unspecified atom stereocenters. The minimum absolute atomic E-state index is 0.196. The van der Waals surface area contributed by atoms with Crippen LogP contribution in [0.1, 0.15) is 29.0 Å². The Bertz CT molecular complexity index is 3450. The van der Waals surface area contributed by atoms with Crippen LogP contribution < -0.4 is 9.13 Å². The van der Waals surface area contributed by atoms with Crippen LogP contribution in [0.3, 0.4) is 0 Å². The fraction of sp³-hybridized carbons (Fsp3) is 0.0794. The smallest absolute Gasteiger partial charge is 0.176 e. The first-order valence-electron chi connectivity index (χ1n) is 26.3. The van der Waals surface area contributed by atoms with Crippen molar-refractivity contribution in [3.05, 3.63) is 242 Å². The summed E-state index contributed by atoms with van der Waals surface area (Å²) < 4.78 is 79.3. The Morgan fingerprint density at radius 3 is 0.754 bits per heavy atom. The van der Waals surface area contributed by atoms with Gasteiger partial charge in [0, 0.05) is 35.6 Å². The van der Waals surface area contributed by atoms with Crippen molar-refractivity contribution in [2.24, 2.45) is 14.1 Å². The maximum atomic E-state index is 8.37. The Kier molecular flexibility index (Phi) is 8.65. The molecule has 0 saturated carbocycles. The lowest BCUT2D eigenvalue weighted by molar-refractivity contribution is -0.671. The summed E-state index contributed by atoms with van der Waals surface area (Å²) in [5, 5.41) is 0. The minimum atomic E-state index is -2.36. The van der Waals surface area contributed by atoms with E-state index in [-0.39, 0.29) is 16.7 Å². The van der Waals surface area contributed by atoms with Crippen LogP contribution in [0.25, 0.3) is 100 Å². The Labute approximate surface area is 396 Å². The number of benzene rings is 8. The SMILES string of the molecule is [2H]C([2H])([2H])c1ccc(-c2c(-c3ccc(-c4ccccc4)cc3)c(-c3ccc(C([2H])([2H])[2H])cc3)c(-c3ccc(-c4ccc[n+](C)c4)cc3)c(-c3ccc(C([2H])([2H])[2H])cc3)c2-c2ccc(-c3ccc[n+](C)c3)cc2)cc1. The molecule has 0 radical (unpaired) electrons. The van der Waals surface area contributed by atoms with E-state index >= 15 is 0 Å². The van der Waals surface area contributed by atoms with Crippen molar-refractivity contribution in [1.82, 2.24) is 0 Å². The average molecular weight is 846 g/mol. The second-order valence-corrected chi connectivity index (χ2v) is 16.6. The Morgan fingerprint density at radius 1 is 0.246 bits per heavy atom. The third-order valence-corrected chi connectivity index (χ3v) is 12.2. The van der Waals surface area contributed by atoms with E-state index in [9.17, 15) is 0 Å². The summed E-state index contributed by atoms with van der Waals surface area (Å²) in [4.78, 5) is 0. The van der Waals surface area contributed by atoms with E-state index in [1.54, 1.807) is 36.4 Å². The molecule has 0 N–H and O–H groups in total. The molecule has 2 heteroatoms. The molecule has 0 aliphatic rings. The van der Waals surface area contributed by atoms with E-state index in [4.69, 9.17) is 12.3 Å². The molecule has 0 aliphatic heterocycles. The molecule has 0 amide bonds. The molecular weight excluding hydrogens is 785 g/mol. The molecule has 312 valence electrons. The molecule has 65 heavy (non-hydrogen) atoms. The molecule has 2 heterocycles. The molecule has 0 aliphatic carbocycles. The zero-order valence-corrected chi connectivity index (χ0v) is 36.3. The van der Waals surface area contributed by atoms with Gasteiger partial charge in [-0.25, -0.2) is 9.13 Å². The van der Waals surface area contributed by atoms with Gasteiger partial charge in [-0.2, -0.15) is 0 Å². The third kappa shape index (κ3) is 8.35. The Hall–Kier alpha value is -7.94. The topological polar surface area (TPSA) is 7.76 Å². The Balaban J connectivity index is 1.41. The summed E-state index contributed by atoms with van der Waals surface area (Å²) in [6.07, 6.45) is 8.13. The average Bonchev–Trinajstić information content (AvgIpc) is 3.40. The predicted octanol–water partition coefficient (Wildman–Crippen LogP) is 15.3. The molecule has 10 rings (SSSR count). The maximum Gasteiger partial charge on any atom is 0.176 e. The lowest BCUT2D eigenvalue weighted by Crippen LogP contribution is -2.26. The molecule has 0 spiro atoms. The van der Waals surface area contributed by atoms with Gasteiger partial charge >= 0.3 is 0 Å². The van der Waals surface area contributed by atoms with Gasteiger partial charge < -0.3 is 0 Å². The highest BCUT2D eigenvalue weighted by Gasteiger charge is 2.29. The fourth-order valence-electron chi connectivity index (χ4n) is 9.03. The molecule has 0 bridgehead atoms. The summed E-state index contributed by atoms with van der Waals surface area (Å²) in [5.74, 6) is 0. The quantitative estimate of drug-likeness (QED) is 0.128. The van der Waals surface area contributed by atoms with Crippen molar-refractivity contribution >= 4 is 0 Å². The highest BCUT2D eigenvalue weighted by atomic mass is 14.9. The van der Waals surface area contributed by atoms with Crippen molar-refractivity contribution < 1.29 is 21.5 Å². The number of aromatic nitrogens is 2. The van der Waals surface area contributed by atoms with E-state index in [1.807, 2.05) is 102 Å². The van der Waals surface area contributed by atoms with Crippen LogP contribution in [0, 0.1) is 20.6 Å². The summed E-state index contributed by atoms with van der Waals surface area (Å²) in [5.41, 5.74) is 16.4. The summed E-state index contributed by atoms with van der Waals surface area (Å²) >= 11 is 0. The molecule has 2 nitrogen and oxygen atoms in total. The number of hydrogen-bond donors (Lipinski definition) is 0. The molecule has 8 aromatic carbocycles. The fourth-order valence-corrected chi connectivity index (χ4v) is 9.03. The zero-order chi connectivity index (χ0) is 51.9. The lowest BCUT2D eigenvalue weighted by Gasteiger charge is -2.29. The van der Waals surface area contributed by atoms with Crippen LogP contribution >= 0.6 is 0 Å². The maximum absolute atomic E-state index is 8.37. The van der Waals surface area contributed by atoms with Crippen LogP contribution in [-0.4, -0.2) is 0 Å². The lowest BCUT2D eigenvalue weighted by atomic mass is 9.74. The predicted molar refractivity (Wildman–Crippen MR) is 272 cm³/mol. The zero-order valence-electron chi connectivity index (χ0n) is 45.3. The van der Waals surface area contributed by atoms with Crippen molar-refractivity contribution in [3.63, 3.8) is 0 Å². The van der Waals surface area contributed by atoms with E-state index in [0.29, 0.717) is 0 Å². The molecule has 0 fully saturated rings. The van der Waals surface area contributed by atoms with E-state index in [1.165, 1.54) is 0 Å². The normalized spacial score (nSPS) is 13.8. The monoisotopic (exact) mass is 845 g/mol. The number of rotatable bonds is 9. The van der Waals surface area contributed by atoms with E-state index in [0.717, 1.165) is 100 Å². The molecular formula is C63H52N2+2. The number of pyridine rings is 2. The number of nitrogens with zero attached hydrogens (tertiary/aromatic N) is 2. The van der Waals surface area contributed by atoms with Crippen LogP contribution in [0.2, 0.25) is 0 Å². The van der Waals surface area contributed by atoms with Gasteiger partial charge in [0.25, 0.3) is 0 Å². The minimum Gasteiger partial charge on any atom is -0.207 e. The van der Waals surface area contributed by atoms with Gasteiger partial charge in [-0.05, 0) is 122 Å². The van der Waals surface area contributed by atoms with Gasteiger partial charge in [-0.1, -0.05) is 193 Å². The van der Waals surface area contributed by atoms with Crippen molar-refractivity contribution in [1.29, 1.82) is 0 Å². The van der Waals surface area contributed by atoms with Crippen LogP contribution in [0.15, 0.2) is 225 Å². The van der Waals surface area contributed by atoms with Gasteiger partial charge in [-0.15, -0.1) is 0 Å². The molecule has 0 atom stereocenters. The van der Waals surface area contributed by atoms with Crippen LogP contribution in [-0.2, 0) is 14.1 Å². The van der Waals surface area contributed by atoms with Crippen molar-refractivity contribution in [2.45, 2.75) is 20.6 Å². The van der Waals surface area contributed by atoms with Gasteiger partial charge in [0.1, 0.15) is 14.1 Å². The first-order valence-corrected chi connectivity index (χ1v) is 21.8.